The topological polar surface area (TPSA) is 18.5 Å². The van der Waals surface area contributed by atoms with Gasteiger partial charge in [-0.2, -0.15) is 0 Å². The molecule has 1 heterocycles. The minimum Gasteiger partial charge on any atom is -0.347 e. The van der Waals surface area contributed by atoms with E-state index in [1.807, 2.05) is 0 Å². The lowest BCUT2D eigenvalue weighted by molar-refractivity contribution is -0.301. The highest BCUT2D eigenvalue weighted by molar-refractivity contribution is 9.10. The van der Waals surface area contributed by atoms with Gasteiger partial charge >= 0.3 is 0 Å². The van der Waals surface area contributed by atoms with E-state index in [1.165, 1.54) is 6.42 Å². The summed E-state index contributed by atoms with van der Waals surface area (Å²) in [5.41, 5.74) is 0.141. The first-order valence-corrected chi connectivity index (χ1v) is 7.35. The van der Waals surface area contributed by atoms with Crippen molar-refractivity contribution in [3.63, 3.8) is 0 Å². The highest BCUT2D eigenvalue weighted by Crippen LogP contribution is 2.45. The van der Waals surface area contributed by atoms with Crippen LogP contribution in [0.4, 0.5) is 0 Å². The quantitative estimate of drug-likeness (QED) is 0.628. The third-order valence-electron chi connectivity index (χ3n) is 3.17. The maximum absolute atomic E-state index is 6.03. The van der Waals surface area contributed by atoms with E-state index >= 15 is 0 Å². The van der Waals surface area contributed by atoms with Crippen LogP contribution in [0.25, 0.3) is 0 Å². The Morgan fingerprint density at radius 1 is 1.00 bits per heavy atom. The Bertz CT molecular complexity index is 221. The molecule has 0 amide bonds. The normalized spacial score (nSPS) is 39.2. The summed E-state index contributed by atoms with van der Waals surface area (Å²) in [5, 5.41) is 0. The molecule has 1 spiro atoms. The van der Waals surface area contributed by atoms with E-state index in [9.17, 15) is 0 Å². The molecule has 1 aliphatic carbocycles. The van der Waals surface area contributed by atoms with E-state index in [0.29, 0.717) is 9.65 Å². The van der Waals surface area contributed by atoms with Gasteiger partial charge in [0.2, 0.25) is 0 Å². The van der Waals surface area contributed by atoms with Gasteiger partial charge in [-0.25, -0.2) is 0 Å². The summed E-state index contributed by atoms with van der Waals surface area (Å²) in [4.78, 5) is 0.610. The molecule has 0 aromatic rings. The Labute approximate surface area is 108 Å². The van der Waals surface area contributed by atoms with E-state index in [2.05, 4.69) is 45.7 Å². The smallest absolute Gasteiger partial charge is 0.193 e. The first-order chi connectivity index (χ1) is 6.96. The number of ether oxygens (including phenoxy) is 2. The third-order valence-corrected chi connectivity index (χ3v) is 5.36. The molecule has 0 radical (unpaired) electrons. The van der Waals surface area contributed by atoms with Crippen LogP contribution in [0.5, 0.6) is 0 Å². The molecule has 0 N–H and O–H groups in total. The fourth-order valence-corrected chi connectivity index (χ4v) is 4.31. The molecule has 1 aliphatic heterocycles. The van der Waals surface area contributed by atoms with Crippen LogP contribution in [0, 0.1) is 5.41 Å². The van der Waals surface area contributed by atoms with Gasteiger partial charge in [0.1, 0.15) is 0 Å². The zero-order chi connectivity index (χ0) is 11.1. The van der Waals surface area contributed by atoms with Crippen LogP contribution in [0.3, 0.4) is 0 Å². The summed E-state index contributed by atoms with van der Waals surface area (Å²) in [6, 6.07) is 0. The molecule has 4 heteroatoms. The van der Waals surface area contributed by atoms with Gasteiger partial charge in [0.15, 0.2) is 5.79 Å². The lowest BCUT2D eigenvalue weighted by Crippen LogP contribution is -2.59. The van der Waals surface area contributed by atoms with E-state index < -0.39 is 5.79 Å². The Morgan fingerprint density at radius 3 is 1.93 bits per heavy atom. The predicted molar refractivity (Wildman–Crippen MR) is 67.7 cm³/mol. The van der Waals surface area contributed by atoms with Crippen LogP contribution < -0.4 is 0 Å². The average molecular weight is 342 g/mol. The highest BCUT2D eigenvalue weighted by Gasteiger charge is 2.52. The second-order valence-corrected chi connectivity index (χ2v) is 7.54. The molecule has 0 aromatic carbocycles. The fourth-order valence-electron chi connectivity index (χ4n) is 2.14. The molecular weight excluding hydrogens is 324 g/mol. The van der Waals surface area contributed by atoms with E-state index in [0.717, 1.165) is 26.1 Å². The molecule has 0 unspecified atom stereocenters. The number of halogens is 2. The molecule has 15 heavy (non-hydrogen) atoms. The van der Waals surface area contributed by atoms with Crippen LogP contribution in [0.15, 0.2) is 0 Å². The molecule has 2 aliphatic rings. The Kier molecular flexibility index (Phi) is 3.52. The average Bonchev–Trinajstić information content (AvgIpc) is 2.16. The summed E-state index contributed by atoms with van der Waals surface area (Å²) in [6.45, 7) is 5.90. The standard InChI is InChI=1S/C11H18Br2O2/c1-10(2)6-14-11(15-7-10)8(12)4-3-5-9(11)13/h8-9H,3-7H2,1-2H3/t8-,9+. The van der Waals surface area contributed by atoms with E-state index in [4.69, 9.17) is 9.47 Å². The third kappa shape index (κ3) is 2.28. The van der Waals surface area contributed by atoms with Crippen molar-refractivity contribution in [2.24, 2.45) is 5.41 Å². The van der Waals surface area contributed by atoms with Gasteiger partial charge in [-0.15, -0.1) is 0 Å². The van der Waals surface area contributed by atoms with E-state index in [-0.39, 0.29) is 5.41 Å². The van der Waals surface area contributed by atoms with Crippen LogP contribution >= 0.6 is 31.9 Å². The molecule has 2 fully saturated rings. The molecule has 2 rings (SSSR count). The Morgan fingerprint density at radius 2 is 1.47 bits per heavy atom. The molecule has 1 saturated carbocycles. The maximum Gasteiger partial charge on any atom is 0.193 e. The Balaban J connectivity index is 2.12. The molecular formula is C11H18Br2O2. The predicted octanol–water partition coefficient (Wildman–Crippen LogP) is 3.47. The van der Waals surface area contributed by atoms with Gasteiger partial charge in [-0.1, -0.05) is 52.1 Å². The lowest BCUT2D eigenvalue weighted by Gasteiger charge is -2.50. The molecule has 2 nitrogen and oxygen atoms in total. The number of hydrogen-bond donors (Lipinski definition) is 0. The fraction of sp³-hybridized carbons (Fsp3) is 1.00. The van der Waals surface area contributed by atoms with Gasteiger partial charge in [0.25, 0.3) is 0 Å². The van der Waals surface area contributed by atoms with E-state index in [1.54, 1.807) is 0 Å². The van der Waals surface area contributed by atoms with Crippen molar-refractivity contribution in [3.05, 3.63) is 0 Å². The molecule has 0 bridgehead atoms. The lowest BCUT2D eigenvalue weighted by atomic mass is 9.89. The summed E-state index contributed by atoms with van der Waals surface area (Å²) >= 11 is 7.41. The Hall–Kier alpha value is 0.880. The summed E-state index contributed by atoms with van der Waals surface area (Å²) < 4.78 is 12.1. The van der Waals surface area contributed by atoms with Crippen molar-refractivity contribution in [3.8, 4) is 0 Å². The molecule has 88 valence electrons. The SMILES string of the molecule is CC1(C)COC2(OC1)[C@H](Br)CCC[C@@H]2Br. The number of rotatable bonds is 0. The maximum atomic E-state index is 6.03. The summed E-state index contributed by atoms with van der Waals surface area (Å²) in [6.07, 6.45) is 3.48. The van der Waals surface area contributed by atoms with Gasteiger partial charge in [-0.3, -0.25) is 0 Å². The van der Waals surface area contributed by atoms with Crippen molar-refractivity contribution < 1.29 is 9.47 Å². The van der Waals surface area contributed by atoms with Gasteiger partial charge < -0.3 is 9.47 Å². The molecule has 0 aromatic heterocycles. The van der Waals surface area contributed by atoms with Crippen molar-refractivity contribution in [2.45, 2.75) is 48.6 Å². The largest absolute Gasteiger partial charge is 0.347 e. The first-order valence-electron chi connectivity index (χ1n) is 5.52. The van der Waals surface area contributed by atoms with Crippen molar-refractivity contribution in [2.75, 3.05) is 13.2 Å². The highest BCUT2D eigenvalue weighted by atomic mass is 79.9. The first kappa shape index (κ1) is 12.3. The van der Waals surface area contributed by atoms with Crippen LogP contribution in [0.1, 0.15) is 33.1 Å². The summed E-state index contributed by atoms with van der Waals surface area (Å²) in [5.74, 6) is -0.437. The molecule has 1 saturated heterocycles. The monoisotopic (exact) mass is 340 g/mol. The van der Waals surface area contributed by atoms with Crippen molar-refractivity contribution in [1.82, 2.24) is 0 Å². The van der Waals surface area contributed by atoms with Crippen molar-refractivity contribution in [1.29, 1.82) is 0 Å². The van der Waals surface area contributed by atoms with Gasteiger partial charge in [0.05, 0.1) is 22.9 Å². The van der Waals surface area contributed by atoms with Crippen molar-refractivity contribution >= 4 is 31.9 Å². The zero-order valence-electron chi connectivity index (χ0n) is 9.26. The van der Waals surface area contributed by atoms with Crippen LogP contribution in [0.2, 0.25) is 0 Å². The summed E-state index contributed by atoms with van der Waals surface area (Å²) in [7, 11) is 0. The van der Waals surface area contributed by atoms with Gasteiger partial charge in [-0.05, 0) is 12.8 Å². The second kappa shape index (κ2) is 4.28. The zero-order valence-corrected chi connectivity index (χ0v) is 12.4. The number of hydrogen-bond acceptors (Lipinski definition) is 2. The number of alkyl halides is 2. The minimum absolute atomic E-state index is 0.141. The minimum atomic E-state index is -0.437. The second-order valence-electron chi connectivity index (χ2n) is 5.33. The van der Waals surface area contributed by atoms with Gasteiger partial charge in [0, 0.05) is 5.41 Å². The van der Waals surface area contributed by atoms with Crippen LogP contribution in [-0.2, 0) is 9.47 Å². The molecule has 2 atom stereocenters. The van der Waals surface area contributed by atoms with Crippen LogP contribution in [-0.4, -0.2) is 28.7 Å².